The molecule has 28 heavy (non-hydrogen) atoms. The third-order valence-electron chi connectivity index (χ3n) is 5.97. The van der Waals surface area contributed by atoms with Gasteiger partial charge < -0.3 is 25.4 Å². The second kappa shape index (κ2) is 8.98. The fraction of sp³-hybridized carbons (Fsp3) is 0.650. The molecular weight excluding hydrogens is 358 g/mol. The number of nitrogens with two attached hydrogens (primary N) is 1. The average molecular weight is 390 g/mol. The van der Waals surface area contributed by atoms with Crippen molar-refractivity contribution in [3.63, 3.8) is 0 Å². The van der Waals surface area contributed by atoms with Gasteiger partial charge in [-0.1, -0.05) is 6.07 Å². The van der Waals surface area contributed by atoms with Crippen molar-refractivity contribution in [2.24, 2.45) is 5.73 Å². The van der Waals surface area contributed by atoms with E-state index in [9.17, 15) is 4.79 Å². The minimum Gasteiger partial charge on any atom is -0.454 e. The Hall–Kier alpha value is -2.03. The van der Waals surface area contributed by atoms with Gasteiger partial charge in [0.25, 0.3) is 0 Å². The van der Waals surface area contributed by atoms with E-state index in [4.69, 9.17) is 15.2 Å². The van der Waals surface area contributed by atoms with Crippen molar-refractivity contribution in [3.8, 4) is 11.5 Å². The van der Waals surface area contributed by atoms with Gasteiger partial charge in [-0.3, -0.25) is 9.80 Å². The summed E-state index contributed by atoms with van der Waals surface area (Å²) in [6.07, 6.45) is 2.49. The third-order valence-corrected chi connectivity index (χ3v) is 5.97. The highest BCUT2D eigenvalue weighted by atomic mass is 16.7. The van der Waals surface area contributed by atoms with Gasteiger partial charge in [0.15, 0.2) is 11.5 Å². The Balaban J connectivity index is 1.22. The summed E-state index contributed by atoms with van der Waals surface area (Å²) in [6.45, 7) is 9.40. The van der Waals surface area contributed by atoms with Crippen LogP contribution in [0, 0.1) is 0 Å². The lowest BCUT2D eigenvalue weighted by atomic mass is 10.0. The summed E-state index contributed by atoms with van der Waals surface area (Å²) in [7, 11) is 0. The van der Waals surface area contributed by atoms with E-state index in [0.717, 1.165) is 63.9 Å². The fourth-order valence-electron chi connectivity index (χ4n) is 4.45. The van der Waals surface area contributed by atoms with E-state index in [1.54, 1.807) is 0 Å². The number of fused-ring (bicyclic) bond motifs is 1. The maximum absolute atomic E-state index is 10.8. The SMILES string of the molecule is NC(=O)NCCN1CCC[C@H](N2CCN(Cc3ccc4c(c3)OCO4)CC2)C1. The van der Waals surface area contributed by atoms with Gasteiger partial charge in [-0.25, -0.2) is 4.79 Å². The smallest absolute Gasteiger partial charge is 0.312 e. The number of piperidine rings is 1. The second-order valence-electron chi connectivity index (χ2n) is 7.89. The van der Waals surface area contributed by atoms with Crippen LogP contribution in [0.25, 0.3) is 0 Å². The summed E-state index contributed by atoms with van der Waals surface area (Å²) in [4.78, 5) is 18.4. The van der Waals surface area contributed by atoms with Gasteiger partial charge in [0, 0.05) is 58.4 Å². The first-order valence-corrected chi connectivity index (χ1v) is 10.3. The molecule has 1 aromatic rings. The van der Waals surface area contributed by atoms with E-state index in [-0.39, 0.29) is 0 Å². The highest BCUT2D eigenvalue weighted by Crippen LogP contribution is 2.33. The number of hydrogen-bond donors (Lipinski definition) is 2. The standard InChI is InChI=1S/C20H31N5O3/c21-20(26)22-5-7-23-6-1-2-17(14-23)25-10-8-24(9-11-25)13-16-3-4-18-19(12-16)28-15-27-18/h3-4,12,17H,1-2,5-11,13-15H2,(H3,21,22,26)/t17-/m0/s1. The molecule has 0 bridgehead atoms. The van der Waals surface area contributed by atoms with Crippen LogP contribution >= 0.6 is 0 Å². The Labute approximate surface area is 166 Å². The maximum atomic E-state index is 10.8. The van der Waals surface area contributed by atoms with Crippen LogP contribution in [-0.4, -0.2) is 85.9 Å². The molecule has 0 aliphatic carbocycles. The summed E-state index contributed by atoms with van der Waals surface area (Å²) >= 11 is 0. The van der Waals surface area contributed by atoms with E-state index >= 15 is 0 Å². The van der Waals surface area contributed by atoms with Crippen molar-refractivity contribution >= 4 is 6.03 Å². The molecule has 0 spiro atoms. The lowest BCUT2D eigenvalue weighted by molar-refractivity contribution is 0.0504. The number of piperazine rings is 1. The number of carbonyl (C=O) groups is 1. The zero-order valence-electron chi connectivity index (χ0n) is 16.4. The number of nitrogens with zero attached hydrogens (tertiary/aromatic N) is 3. The van der Waals surface area contributed by atoms with Gasteiger partial charge in [-0.2, -0.15) is 0 Å². The number of hydrogen-bond acceptors (Lipinski definition) is 6. The predicted octanol–water partition coefficient (Wildman–Crippen LogP) is 0.666. The number of ether oxygens (including phenoxy) is 2. The fourth-order valence-corrected chi connectivity index (χ4v) is 4.45. The number of benzene rings is 1. The van der Waals surface area contributed by atoms with Crippen LogP contribution in [-0.2, 0) is 6.54 Å². The number of rotatable bonds is 6. The normalized spacial score (nSPS) is 23.6. The highest BCUT2D eigenvalue weighted by Gasteiger charge is 2.28. The van der Waals surface area contributed by atoms with Crippen LogP contribution in [0.3, 0.4) is 0 Å². The first kappa shape index (κ1) is 19.3. The van der Waals surface area contributed by atoms with Crippen molar-refractivity contribution in [2.45, 2.75) is 25.4 Å². The van der Waals surface area contributed by atoms with Crippen molar-refractivity contribution in [1.29, 1.82) is 0 Å². The van der Waals surface area contributed by atoms with Crippen molar-refractivity contribution in [2.75, 3.05) is 59.2 Å². The number of nitrogens with one attached hydrogen (secondary N) is 1. The van der Waals surface area contributed by atoms with E-state index in [1.807, 2.05) is 6.07 Å². The van der Waals surface area contributed by atoms with Crippen LogP contribution in [0.15, 0.2) is 18.2 Å². The van der Waals surface area contributed by atoms with Gasteiger partial charge in [-0.05, 0) is 37.1 Å². The minimum absolute atomic E-state index is 0.328. The molecule has 0 aromatic heterocycles. The van der Waals surface area contributed by atoms with E-state index in [1.165, 1.54) is 18.4 Å². The molecule has 1 atom stereocenters. The highest BCUT2D eigenvalue weighted by molar-refractivity contribution is 5.71. The molecule has 3 aliphatic heterocycles. The first-order chi connectivity index (χ1) is 13.7. The summed E-state index contributed by atoms with van der Waals surface area (Å²) < 4.78 is 10.9. The summed E-state index contributed by atoms with van der Waals surface area (Å²) in [5.41, 5.74) is 6.43. The van der Waals surface area contributed by atoms with Gasteiger partial charge in [0.05, 0.1) is 0 Å². The number of likely N-dealkylation sites (tertiary alicyclic amines) is 1. The Morgan fingerprint density at radius 2 is 1.93 bits per heavy atom. The number of primary amides is 1. The molecule has 0 radical (unpaired) electrons. The first-order valence-electron chi connectivity index (χ1n) is 10.3. The molecule has 4 rings (SSSR count). The van der Waals surface area contributed by atoms with Crippen LogP contribution in [0.4, 0.5) is 4.79 Å². The maximum Gasteiger partial charge on any atom is 0.312 e. The van der Waals surface area contributed by atoms with Gasteiger partial charge in [-0.15, -0.1) is 0 Å². The third kappa shape index (κ3) is 4.87. The van der Waals surface area contributed by atoms with Crippen LogP contribution < -0.4 is 20.5 Å². The molecule has 2 amide bonds. The number of urea groups is 1. The van der Waals surface area contributed by atoms with Gasteiger partial charge >= 0.3 is 6.03 Å². The van der Waals surface area contributed by atoms with E-state index in [2.05, 4.69) is 32.1 Å². The largest absolute Gasteiger partial charge is 0.454 e. The molecule has 8 heteroatoms. The van der Waals surface area contributed by atoms with Crippen LogP contribution in [0.2, 0.25) is 0 Å². The number of carbonyl (C=O) groups excluding carboxylic acids is 1. The molecule has 154 valence electrons. The van der Waals surface area contributed by atoms with Crippen LogP contribution in [0.1, 0.15) is 18.4 Å². The molecule has 2 fully saturated rings. The Kier molecular flexibility index (Phi) is 6.19. The van der Waals surface area contributed by atoms with E-state index in [0.29, 0.717) is 19.4 Å². The Morgan fingerprint density at radius 3 is 2.75 bits per heavy atom. The average Bonchev–Trinajstić information content (AvgIpc) is 3.16. The minimum atomic E-state index is -0.438. The zero-order valence-corrected chi connectivity index (χ0v) is 16.4. The summed E-state index contributed by atoms with van der Waals surface area (Å²) in [5.74, 6) is 1.71. The van der Waals surface area contributed by atoms with E-state index < -0.39 is 6.03 Å². The van der Waals surface area contributed by atoms with Gasteiger partial charge in [0.1, 0.15) is 0 Å². The monoisotopic (exact) mass is 389 g/mol. The molecule has 3 aliphatic rings. The van der Waals surface area contributed by atoms with Crippen LogP contribution in [0.5, 0.6) is 11.5 Å². The Bertz CT molecular complexity index is 678. The molecule has 8 nitrogen and oxygen atoms in total. The predicted molar refractivity (Wildman–Crippen MR) is 106 cm³/mol. The summed E-state index contributed by atoms with van der Waals surface area (Å²) in [6, 6.07) is 6.44. The summed E-state index contributed by atoms with van der Waals surface area (Å²) in [5, 5.41) is 2.69. The lowest BCUT2D eigenvalue weighted by Crippen LogP contribution is -2.55. The number of amides is 2. The molecule has 1 aromatic carbocycles. The zero-order chi connectivity index (χ0) is 19.3. The second-order valence-corrected chi connectivity index (χ2v) is 7.89. The molecule has 3 N–H and O–H groups in total. The van der Waals surface area contributed by atoms with Crippen molar-refractivity contribution in [1.82, 2.24) is 20.0 Å². The molecule has 0 saturated carbocycles. The quantitative estimate of drug-likeness (QED) is 0.744. The Morgan fingerprint density at radius 1 is 1.11 bits per heavy atom. The molecule has 2 saturated heterocycles. The molecule has 3 heterocycles. The lowest BCUT2D eigenvalue weighted by Gasteiger charge is -2.43. The van der Waals surface area contributed by atoms with Crippen molar-refractivity contribution < 1.29 is 14.3 Å². The van der Waals surface area contributed by atoms with Crippen molar-refractivity contribution in [3.05, 3.63) is 23.8 Å². The molecular formula is C20H31N5O3. The molecule has 0 unspecified atom stereocenters. The van der Waals surface area contributed by atoms with Gasteiger partial charge in [0.2, 0.25) is 6.79 Å². The topological polar surface area (TPSA) is 83.3 Å².